The van der Waals surface area contributed by atoms with Gasteiger partial charge in [-0.2, -0.15) is 0 Å². The molecule has 6 rings (SSSR count). The number of nitrogens with one attached hydrogen (secondary N) is 2. The minimum absolute atomic E-state index is 0.0378. The number of methoxy groups -OCH3 is 1. The van der Waals surface area contributed by atoms with Crippen LogP contribution in [0.2, 0.25) is 0 Å². The molecule has 49 heavy (non-hydrogen) atoms. The Balaban J connectivity index is 1.06. The van der Waals surface area contributed by atoms with Crippen molar-refractivity contribution >= 4 is 43.9 Å². The fourth-order valence-corrected chi connectivity index (χ4v) is 6.43. The molecule has 0 spiro atoms. The van der Waals surface area contributed by atoms with Crippen LogP contribution in [-0.2, 0) is 19.4 Å². The van der Waals surface area contributed by atoms with Crippen LogP contribution >= 0.6 is 0 Å². The summed E-state index contributed by atoms with van der Waals surface area (Å²) in [4.78, 5) is 32.7. The Bertz CT molecular complexity index is 1940. The summed E-state index contributed by atoms with van der Waals surface area (Å²) in [6.45, 7) is 2.74. The summed E-state index contributed by atoms with van der Waals surface area (Å²) >= 11 is 0. The van der Waals surface area contributed by atoms with Gasteiger partial charge in [0.1, 0.15) is 32.6 Å². The zero-order valence-corrected chi connectivity index (χ0v) is 28.2. The molecule has 2 fully saturated rings. The van der Waals surface area contributed by atoms with E-state index < -0.39 is 32.9 Å². The van der Waals surface area contributed by atoms with E-state index in [1.54, 1.807) is 49.7 Å². The van der Waals surface area contributed by atoms with Crippen LogP contribution in [0.25, 0.3) is 10.9 Å². The van der Waals surface area contributed by atoms with Gasteiger partial charge in [0.25, 0.3) is 0 Å². The first kappa shape index (κ1) is 34.1. The van der Waals surface area contributed by atoms with Crippen LogP contribution in [0.3, 0.4) is 0 Å². The predicted octanol–water partition coefficient (Wildman–Crippen LogP) is 5.67. The van der Waals surface area contributed by atoms with Gasteiger partial charge >= 0.3 is 0 Å². The number of hydrogen-bond acceptors (Lipinski definition) is 9. The number of halogens is 1. The van der Waals surface area contributed by atoms with Crippen LogP contribution < -0.4 is 24.8 Å². The molecule has 2 amide bonds. The van der Waals surface area contributed by atoms with E-state index in [4.69, 9.17) is 14.2 Å². The molecular formula is C36H39FN4O7S. The van der Waals surface area contributed by atoms with Gasteiger partial charge in [-0.25, -0.2) is 12.8 Å². The molecule has 0 radical (unpaired) electrons. The lowest BCUT2D eigenvalue weighted by Gasteiger charge is -2.31. The number of sulfone groups is 1. The lowest BCUT2D eigenvalue weighted by molar-refractivity contribution is -0.131. The van der Waals surface area contributed by atoms with Crippen molar-refractivity contribution in [1.29, 1.82) is 0 Å². The van der Waals surface area contributed by atoms with E-state index >= 15 is 0 Å². The molecular weight excluding hydrogens is 651 g/mol. The predicted molar refractivity (Wildman–Crippen MR) is 185 cm³/mol. The van der Waals surface area contributed by atoms with Gasteiger partial charge in [-0.15, -0.1) is 0 Å². The van der Waals surface area contributed by atoms with Crippen LogP contribution in [0.1, 0.15) is 25.7 Å². The zero-order chi connectivity index (χ0) is 34.6. The van der Waals surface area contributed by atoms with Gasteiger partial charge < -0.3 is 29.7 Å². The van der Waals surface area contributed by atoms with Crippen molar-refractivity contribution in [1.82, 2.24) is 9.88 Å². The number of ether oxygens (including phenoxy) is 3. The Morgan fingerprint density at radius 3 is 2.35 bits per heavy atom. The van der Waals surface area contributed by atoms with E-state index in [0.717, 1.165) is 31.3 Å². The highest BCUT2D eigenvalue weighted by Gasteiger charge is 2.56. The Morgan fingerprint density at radius 1 is 0.959 bits per heavy atom. The smallest absolute Gasteiger partial charge is 0.240 e. The van der Waals surface area contributed by atoms with Crippen molar-refractivity contribution < 1.29 is 36.6 Å². The van der Waals surface area contributed by atoms with Crippen molar-refractivity contribution in [3.05, 3.63) is 78.7 Å². The van der Waals surface area contributed by atoms with Crippen LogP contribution in [0.4, 0.5) is 15.8 Å². The summed E-state index contributed by atoms with van der Waals surface area (Å²) < 4.78 is 55.1. The molecule has 0 atom stereocenters. The summed E-state index contributed by atoms with van der Waals surface area (Å²) in [6.07, 6.45) is 5.51. The van der Waals surface area contributed by atoms with E-state index in [2.05, 4.69) is 20.5 Å². The number of amides is 2. The van der Waals surface area contributed by atoms with Crippen LogP contribution in [0, 0.1) is 17.2 Å². The van der Waals surface area contributed by atoms with Gasteiger partial charge in [-0.05, 0) is 93.2 Å². The highest BCUT2D eigenvalue weighted by atomic mass is 32.2. The number of benzene rings is 3. The monoisotopic (exact) mass is 690 g/mol. The minimum atomic E-state index is -2.98. The molecule has 258 valence electrons. The molecule has 2 N–H and O–H groups in total. The second kappa shape index (κ2) is 14.4. The summed E-state index contributed by atoms with van der Waals surface area (Å²) in [5, 5.41) is 6.06. The fraction of sp³-hybridized carbons (Fsp3) is 0.361. The fourth-order valence-electron chi connectivity index (χ4n) is 5.84. The first-order valence-corrected chi connectivity index (χ1v) is 18.2. The Kier molecular flexibility index (Phi) is 10.0. The van der Waals surface area contributed by atoms with Gasteiger partial charge in [-0.1, -0.05) is 12.1 Å². The number of para-hydroxylation sites is 1. The maximum absolute atomic E-state index is 14.0. The van der Waals surface area contributed by atoms with Gasteiger partial charge in [-0.3, -0.25) is 14.6 Å². The first-order valence-electron chi connectivity index (χ1n) is 16.2. The molecule has 0 bridgehead atoms. The average molecular weight is 691 g/mol. The number of rotatable bonds is 13. The van der Waals surface area contributed by atoms with Gasteiger partial charge in [0.05, 0.1) is 30.7 Å². The molecule has 4 aromatic rings. The van der Waals surface area contributed by atoms with Gasteiger partial charge in [0.2, 0.25) is 11.8 Å². The summed E-state index contributed by atoms with van der Waals surface area (Å²) in [6, 6.07) is 18.0. The molecule has 1 saturated carbocycles. The highest BCUT2D eigenvalue weighted by molar-refractivity contribution is 7.90. The molecule has 3 aromatic carbocycles. The summed E-state index contributed by atoms with van der Waals surface area (Å²) in [7, 11) is -1.40. The molecule has 11 nitrogen and oxygen atoms in total. The second-order valence-electron chi connectivity index (χ2n) is 12.7. The normalized spacial score (nSPS) is 16.1. The summed E-state index contributed by atoms with van der Waals surface area (Å²) in [5.41, 5.74) is -0.0503. The Labute approximate surface area is 284 Å². The van der Waals surface area contributed by atoms with Crippen molar-refractivity contribution in [3.8, 4) is 23.0 Å². The topological polar surface area (TPSA) is 136 Å². The van der Waals surface area contributed by atoms with Crippen molar-refractivity contribution in [2.75, 3.05) is 56.0 Å². The third-order valence-corrected chi connectivity index (χ3v) is 9.95. The number of nitrogens with zero attached hydrogens (tertiary/aromatic N) is 2. The number of aromatic nitrogens is 1. The number of pyridine rings is 1. The van der Waals surface area contributed by atoms with Gasteiger partial charge in [0, 0.05) is 36.1 Å². The highest BCUT2D eigenvalue weighted by Crippen LogP contribution is 2.48. The second-order valence-corrected chi connectivity index (χ2v) is 14.9. The molecule has 0 unspecified atom stereocenters. The maximum atomic E-state index is 14.0. The molecule has 1 aliphatic carbocycles. The Morgan fingerprint density at radius 2 is 1.67 bits per heavy atom. The summed E-state index contributed by atoms with van der Waals surface area (Å²) in [5.74, 6) is 1.16. The van der Waals surface area contributed by atoms with E-state index in [1.807, 2.05) is 12.1 Å². The quantitative estimate of drug-likeness (QED) is 0.170. The largest absolute Gasteiger partial charge is 0.493 e. The lowest BCUT2D eigenvalue weighted by atomic mass is 9.98. The van der Waals surface area contributed by atoms with Crippen molar-refractivity contribution in [2.45, 2.75) is 25.7 Å². The number of anilines is 2. The number of piperidine rings is 1. The minimum Gasteiger partial charge on any atom is -0.493 e. The number of carbonyl (C=O) groups excluding carboxylic acids is 2. The zero-order valence-electron chi connectivity index (χ0n) is 27.4. The maximum Gasteiger partial charge on any atom is 0.240 e. The third kappa shape index (κ3) is 8.28. The SMILES string of the molecule is COc1cc2c(Oc3ccc(NC(=O)C4(C(=O)Nc5ccccc5F)CC4)cc3)ccnc2cc1OCC1CCN(CCS(C)(=O)=O)CC1. The van der Waals surface area contributed by atoms with Crippen LogP contribution in [0.5, 0.6) is 23.0 Å². The molecule has 2 heterocycles. The number of fused-ring (bicyclic) bond motifs is 1. The number of likely N-dealkylation sites (tertiary alicyclic amines) is 1. The molecule has 1 saturated heterocycles. The van der Waals surface area contributed by atoms with E-state index in [9.17, 15) is 22.4 Å². The first-order chi connectivity index (χ1) is 23.5. The molecule has 1 aromatic heterocycles. The van der Waals surface area contributed by atoms with Crippen LogP contribution in [-0.4, -0.2) is 75.5 Å². The van der Waals surface area contributed by atoms with E-state index in [1.165, 1.54) is 24.5 Å². The van der Waals surface area contributed by atoms with Crippen molar-refractivity contribution in [2.24, 2.45) is 11.3 Å². The van der Waals surface area contributed by atoms with Crippen LogP contribution in [0.15, 0.2) is 72.9 Å². The Hall–Kier alpha value is -4.75. The number of carbonyl (C=O) groups is 2. The van der Waals surface area contributed by atoms with E-state index in [-0.39, 0.29) is 11.4 Å². The molecule has 13 heteroatoms. The van der Waals surface area contributed by atoms with Crippen molar-refractivity contribution in [3.63, 3.8) is 0 Å². The molecule has 2 aliphatic rings. The number of hydrogen-bond donors (Lipinski definition) is 2. The van der Waals surface area contributed by atoms with Gasteiger partial charge in [0.15, 0.2) is 11.5 Å². The molecule has 1 aliphatic heterocycles. The standard InChI is InChI=1S/C36H39FN4O7S/c1-46-32-21-27-30(22-33(32)47-23-24-12-17-41(18-13-24)19-20-49(2,44)45)38-16-11-31(27)48-26-9-7-25(8-10-26)39-34(42)36(14-15-36)35(43)40-29-6-4-3-5-28(29)37/h3-11,16,21-22,24H,12-15,17-20,23H2,1-2H3,(H,39,42)(H,40,43). The third-order valence-electron chi connectivity index (χ3n) is 9.03. The van der Waals surface area contributed by atoms with E-state index in [0.29, 0.717) is 66.1 Å². The average Bonchev–Trinajstić information content (AvgIpc) is 3.91. The lowest BCUT2D eigenvalue weighted by Crippen LogP contribution is -2.38.